The lowest BCUT2D eigenvalue weighted by atomic mass is 9.95. The molecule has 27 heavy (non-hydrogen) atoms. The van der Waals surface area contributed by atoms with Gasteiger partial charge in [-0.2, -0.15) is 18.3 Å². The molecule has 0 aromatic carbocycles. The first-order valence-corrected chi connectivity index (χ1v) is 10.2. The number of halogens is 3. The van der Waals surface area contributed by atoms with E-state index in [1.807, 2.05) is 0 Å². The number of fused-ring (bicyclic) bond motifs is 1. The second-order valence-corrected chi connectivity index (χ2v) is 8.88. The van der Waals surface area contributed by atoms with Gasteiger partial charge >= 0.3 is 6.18 Å². The van der Waals surface area contributed by atoms with Crippen LogP contribution in [0.4, 0.5) is 13.2 Å². The molecule has 2 aromatic rings. The first-order chi connectivity index (χ1) is 12.5. The molecule has 0 amide bonds. The highest BCUT2D eigenvalue weighted by molar-refractivity contribution is 8.03. The maximum atomic E-state index is 13.3. The first kappa shape index (κ1) is 20.4. The number of aryl methyl sites for hydroxylation is 1. The van der Waals surface area contributed by atoms with Crippen molar-refractivity contribution in [3.63, 3.8) is 0 Å². The Morgan fingerprint density at radius 3 is 2.59 bits per heavy atom. The summed E-state index contributed by atoms with van der Waals surface area (Å²) in [7, 11) is 0. The molecule has 148 valence electrons. The van der Waals surface area contributed by atoms with Gasteiger partial charge in [-0.1, -0.05) is 11.3 Å². The Labute approximate surface area is 162 Å². The van der Waals surface area contributed by atoms with Crippen molar-refractivity contribution in [2.75, 3.05) is 12.4 Å². The van der Waals surface area contributed by atoms with E-state index in [1.165, 1.54) is 17.4 Å². The Hall–Kier alpha value is -1.36. The van der Waals surface area contributed by atoms with Gasteiger partial charge in [-0.05, 0) is 45.3 Å². The van der Waals surface area contributed by atoms with Gasteiger partial charge < -0.3 is 10.2 Å². The van der Waals surface area contributed by atoms with E-state index in [2.05, 4.69) is 10.1 Å². The zero-order valence-corrected chi connectivity index (χ0v) is 16.7. The molecular weight excluding hydrogens is 399 g/mol. The molecular formula is C17H20F3N3O2S2. The summed E-state index contributed by atoms with van der Waals surface area (Å²) in [4.78, 5) is 5.18. The predicted molar refractivity (Wildman–Crippen MR) is 101 cm³/mol. The molecule has 1 aliphatic rings. The Bertz CT molecular complexity index is 920. The number of rotatable bonds is 5. The Morgan fingerprint density at radius 2 is 2.00 bits per heavy atom. The van der Waals surface area contributed by atoms with Crippen LogP contribution >= 0.6 is 23.1 Å². The van der Waals surface area contributed by atoms with Gasteiger partial charge in [0.15, 0.2) is 0 Å². The number of nitrogens with zero attached hydrogens (tertiary/aromatic N) is 3. The van der Waals surface area contributed by atoms with Crippen LogP contribution in [0.15, 0.2) is 16.6 Å². The van der Waals surface area contributed by atoms with Gasteiger partial charge in [-0.3, -0.25) is 0 Å². The zero-order chi connectivity index (χ0) is 20.0. The van der Waals surface area contributed by atoms with Crippen LogP contribution in [0.1, 0.15) is 43.1 Å². The Morgan fingerprint density at radius 1 is 1.30 bits per heavy atom. The minimum Gasteiger partial charge on any atom is -0.396 e. The molecule has 2 aromatic heterocycles. The number of alkyl halides is 3. The van der Waals surface area contributed by atoms with Crippen molar-refractivity contribution in [3.05, 3.63) is 32.9 Å². The second kappa shape index (κ2) is 7.23. The largest absolute Gasteiger partial charge is 0.413 e. The molecule has 2 N–H and O–H groups in total. The summed E-state index contributed by atoms with van der Waals surface area (Å²) in [6.07, 6.45) is -2.76. The molecule has 5 nitrogen and oxygen atoms in total. The summed E-state index contributed by atoms with van der Waals surface area (Å²) >= 11 is 2.26. The number of allylic oxidation sites excluding steroid dienone is 3. The van der Waals surface area contributed by atoms with Gasteiger partial charge in [0.25, 0.3) is 0 Å². The monoisotopic (exact) mass is 419 g/mol. The van der Waals surface area contributed by atoms with Crippen molar-refractivity contribution in [1.29, 1.82) is 0 Å². The molecule has 0 atom stereocenters. The van der Waals surface area contributed by atoms with Gasteiger partial charge in [0.1, 0.15) is 10.6 Å². The second-order valence-electron chi connectivity index (χ2n) is 6.79. The topological polar surface area (TPSA) is 70.7 Å². The summed E-state index contributed by atoms with van der Waals surface area (Å²) in [5, 5.41) is 24.1. The van der Waals surface area contributed by atoms with E-state index in [4.69, 9.17) is 5.11 Å². The van der Waals surface area contributed by atoms with E-state index >= 15 is 0 Å². The van der Waals surface area contributed by atoms with Crippen LogP contribution in [0, 0.1) is 6.92 Å². The molecule has 0 spiro atoms. The van der Waals surface area contributed by atoms with Crippen molar-refractivity contribution in [3.8, 4) is 0 Å². The highest BCUT2D eigenvalue weighted by Gasteiger charge is 2.38. The molecule has 0 saturated heterocycles. The van der Waals surface area contributed by atoms with Crippen molar-refractivity contribution < 1.29 is 23.4 Å². The normalized spacial score (nSPS) is 16.4. The molecule has 0 radical (unpaired) electrons. The van der Waals surface area contributed by atoms with Crippen molar-refractivity contribution in [2.24, 2.45) is 0 Å². The van der Waals surface area contributed by atoms with E-state index in [9.17, 15) is 18.3 Å². The molecule has 0 bridgehead atoms. The first-order valence-electron chi connectivity index (χ1n) is 8.36. The van der Waals surface area contributed by atoms with E-state index < -0.39 is 17.4 Å². The molecule has 1 aliphatic carbocycles. The Balaban J connectivity index is 2.10. The number of hydrogen-bond acceptors (Lipinski definition) is 6. The van der Waals surface area contributed by atoms with Gasteiger partial charge in [-0.25, -0.2) is 9.50 Å². The smallest absolute Gasteiger partial charge is 0.396 e. The van der Waals surface area contributed by atoms with E-state index in [0.717, 1.165) is 17.3 Å². The quantitative estimate of drug-likeness (QED) is 0.765. The number of aliphatic hydroxyl groups is 2. The standard InChI is InChI=1S/C17H20F3N3O2S2/c1-9-13(23-15(21-9)27-14(22-23)16(2,3)25)10-4-5-11(17(18,19)20)12(8-10)26-7-6-24/h8,24-25H,4-7H2,1-3H3. The fourth-order valence-corrected chi connectivity index (χ4v) is 4.79. The average molecular weight is 419 g/mol. The van der Waals surface area contributed by atoms with Crippen LogP contribution in [0.5, 0.6) is 0 Å². The van der Waals surface area contributed by atoms with E-state index in [1.54, 1.807) is 25.3 Å². The fraction of sp³-hybridized carbons (Fsp3) is 0.529. The number of thioether (sulfide) groups is 1. The highest BCUT2D eigenvalue weighted by Crippen LogP contribution is 2.43. The van der Waals surface area contributed by atoms with Crippen LogP contribution in [0.25, 0.3) is 10.5 Å². The molecule has 0 saturated carbocycles. The highest BCUT2D eigenvalue weighted by atomic mass is 32.2. The minimum absolute atomic E-state index is 0.127. The summed E-state index contributed by atoms with van der Waals surface area (Å²) in [6, 6.07) is 0. The molecule has 3 rings (SSSR count). The predicted octanol–water partition coefficient (Wildman–Crippen LogP) is 4.05. The Kier molecular flexibility index (Phi) is 5.46. The molecule has 2 heterocycles. The third-order valence-electron chi connectivity index (χ3n) is 4.14. The summed E-state index contributed by atoms with van der Waals surface area (Å²) < 4.78 is 41.6. The van der Waals surface area contributed by atoms with E-state index in [0.29, 0.717) is 21.4 Å². The lowest BCUT2D eigenvalue weighted by Crippen LogP contribution is -2.17. The summed E-state index contributed by atoms with van der Waals surface area (Å²) in [6.45, 7) is 4.85. The lowest BCUT2D eigenvalue weighted by Gasteiger charge is -2.22. The van der Waals surface area contributed by atoms with Crippen LogP contribution in [-0.4, -0.2) is 43.3 Å². The van der Waals surface area contributed by atoms with Gasteiger partial charge in [0.05, 0.1) is 18.0 Å². The van der Waals surface area contributed by atoms with Crippen LogP contribution < -0.4 is 0 Å². The molecule has 10 heteroatoms. The third kappa shape index (κ3) is 4.08. The fourth-order valence-electron chi connectivity index (χ4n) is 2.92. The molecule has 0 fully saturated rings. The van der Waals surface area contributed by atoms with Crippen LogP contribution in [0.2, 0.25) is 0 Å². The number of imidazole rings is 1. The van der Waals surface area contributed by atoms with Crippen molar-refractivity contribution in [2.45, 2.75) is 45.4 Å². The maximum absolute atomic E-state index is 13.3. The third-order valence-corrected chi connectivity index (χ3v) is 6.43. The van der Waals surface area contributed by atoms with Crippen molar-refractivity contribution in [1.82, 2.24) is 14.6 Å². The lowest BCUT2D eigenvalue weighted by molar-refractivity contribution is -0.0941. The van der Waals surface area contributed by atoms with Crippen molar-refractivity contribution >= 4 is 33.6 Å². The van der Waals surface area contributed by atoms with Crippen LogP contribution in [0.3, 0.4) is 0 Å². The van der Waals surface area contributed by atoms with E-state index in [-0.39, 0.29) is 30.1 Å². The summed E-state index contributed by atoms with van der Waals surface area (Å²) in [5.74, 6) is 0.193. The van der Waals surface area contributed by atoms with Gasteiger partial charge in [-0.15, -0.1) is 11.8 Å². The number of aliphatic hydroxyl groups excluding tert-OH is 1. The number of hydrogen-bond donors (Lipinski definition) is 2. The van der Waals surface area contributed by atoms with Gasteiger partial charge in [0.2, 0.25) is 4.96 Å². The molecule has 0 unspecified atom stereocenters. The van der Waals surface area contributed by atoms with Gasteiger partial charge in [0, 0.05) is 16.2 Å². The maximum Gasteiger partial charge on any atom is 0.413 e. The summed E-state index contributed by atoms with van der Waals surface area (Å²) in [5.41, 5.74) is 0.395. The average Bonchev–Trinajstić information content (AvgIpc) is 3.08. The zero-order valence-electron chi connectivity index (χ0n) is 15.1. The number of aromatic nitrogens is 3. The minimum atomic E-state index is -4.39. The van der Waals surface area contributed by atoms with Crippen LogP contribution in [-0.2, 0) is 5.60 Å². The molecule has 0 aliphatic heterocycles. The SMILES string of the molecule is Cc1nc2sc(C(C)(C)O)nn2c1C1=CC(SCCO)=C(C(F)(F)F)CC1.